The van der Waals surface area contributed by atoms with Gasteiger partial charge in [-0.25, -0.2) is 4.39 Å². The van der Waals surface area contributed by atoms with Crippen LogP contribution >= 0.6 is 11.8 Å². The number of carbonyl (C=O) groups is 2. The first kappa shape index (κ1) is 22.3. The molecule has 0 aromatic heterocycles. The highest BCUT2D eigenvalue weighted by atomic mass is 32.2. The molecule has 1 heterocycles. The van der Waals surface area contributed by atoms with Crippen LogP contribution in [0, 0.1) is 19.7 Å². The van der Waals surface area contributed by atoms with Crippen molar-refractivity contribution in [3.8, 4) is 0 Å². The SMILES string of the molecule is Cc1cccc(NC(=O)CN(CC2CCCO2)C(=O)CSc2ccccc2F)c1C. The Kier molecular flexibility index (Phi) is 7.87. The van der Waals surface area contributed by atoms with Gasteiger partial charge in [0.1, 0.15) is 5.82 Å². The highest BCUT2D eigenvalue weighted by Crippen LogP contribution is 2.22. The van der Waals surface area contributed by atoms with E-state index in [-0.39, 0.29) is 36.0 Å². The summed E-state index contributed by atoms with van der Waals surface area (Å²) in [5.74, 6) is -0.765. The molecule has 1 fully saturated rings. The maximum Gasteiger partial charge on any atom is 0.244 e. The van der Waals surface area contributed by atoms with Crippen LogP contribution in [0.1, 0.15) is 24.0 Å². The van der Waals surface area contributed by atoms with E-state index in [0.717, 1.165) is 41.4 Å². The average Bonchev–Trinajstić information content (AvgIpc) is 3.23. The topological polar surface area (TPSA) is 58.6 Å². The Morgan fingerprint density at radius 2 is 2.00 bits per heavy atom. The summed E-state index contributed by atoms with van der Waals surface area (Å²) in [6.07, 6.45) is 1.75. The van der Waals surface area contributed by atoms with Gasteiger partial charge in [-0.2, -0.15) is 0 Å². The largest absolute Gasteiger partial charge is 0.376 e. The predicted octanol–water partition coefficient (Wildman–Crippen LogP) is 4.18. The molecule has 0 radical (unpaired) electrons. The van der Waals surface area contributed by atoms with Crippen molar-refractivity contribution in [2.45, 2.75) is 37.7 Å². The first-order chi connectivity index (χ1) is 14.4. The Labute approximate surface area is 181 Å². The predicted molar refractivity (Wildman–Crippen MR) is 117 cm³/mol. The summed E-state index contributed by atoms with van der Waals surface area (Å²) >= 11 is 1.14. The number of amides is 2. The second-order valence-electron chi connectivity index (χ2n) is 7.42. The lowest BCUT2D eigenvalue weighted by Gasteiger charge is -2.25. The number of halogens is 1. The van der Waals surface area contributed by atoms with E-state index in [1.807, 2.05) is 32.0 Å². The lowest BCUT2D eigenvalue weighted by atomic mass is 10.1. The summed E-state index contributed by atoms with van der Waals surface area (Å²) < 4.78 is 19.5. The van der Waals surface area contributed by atoms with Gasteiger partial charge in [-0.3, -0.25) is 9.59 Å². The van der Waals surface area contributed by atoms with Gasteiger partial charge in [0.15, 0.2) is 0 Å². The molecule has 0 aliphatic carbocycles. The Balaban J connectivity index is 1.65. The monoisotopic (exact) mass is 430 g/mol. The molecule has 1 aliphatic rings. The molecule has 2 amide bonds. The first-order valence-electron chi connectivity index (χ1n) is 10.1. The average molecular weight is 431 g/mol. The molecular formula is C23H27FN2O3S. The van der Waals surface area contributed by atoms with Gasteiger partial charge >= 0.3 is 0 Å². The molecule has 2 aromatic carbocycles. The second-order valence-corrected chi connectivity index (χ2v) is 8.44. The summed E-state index contributed by atoms with van der Waals surface area (Å²) in [7, 11) is 0. The Morgan fingerprint density at radius 3 is 2.73 bits per heavy atom. The third-order valence-corrected chi connectivity index (χ3v) is 6.24. The van der Waals surface area contributed by atoms with E-state index in [1.165, 1.54) is 11.0 Å². The molecule has 3 rings (SSSR count). The van der Waals surface area contributed by atoms with Crippen LogP contribution in [0.4, 0.5) is 10.1 Å². The van der Waals surface area contributed by atoms with E-state index in [1.54, 1.807) is 18.2 Å². The molecular weight excluding hydrogens is 403 g/mol. The van der Waals surface area contributed by atoms with Crippen molar-refractivity contribution >= 4 is 29.3 Å². The number of hydrogen-bond donors (Lipinski definition) is 1. The van der Waals surface area contributed by atoms with Gasteiger partial charge in [0.05, 0.1) is 18.4 Å². The molecule has 0 spiro atoms. The number of carbonyl (C=O) groups excluding carboxylic acids is 2. The normalized spacial score (nSPS) is 15.8. The van der Waals surface area contributed by atoms with Crippen LogP contribution in [0.25, 0.3) is 0 Å². The minimum Gasteiger partial charge on any atom is -0.376 e. The molecule has 2 aromatic rings. The van der Waals surface area contributed by atoms with Crippen LogP contribution in [0.15, 0.2) is 47.4 Å². The van der Waals surface area contributed by atoms with E-state index in [4.69, 9.17) is 4.74 Å². The van der Waals surface area contributed by atoms with Crippen LogP contribution in [0.5, 0.6) is 0 Å². The number of thioether (sulfide) groups is 1. The number of nitrogens with zero attached hydrogens (tertiary/aromatic N) is 1. The standard InChI is InChI=1S/C23H27FN2O3S/c1-16-7-5-10-20(17(16)2)25-22(27)14-26(13-18-8-6-12-29-18)23(28)15-30-21-11-4-3-9-19(21)24/h3-5,7,9-11,18H,6,8,12-15H2,1-2H3,(H,25,27). The zero-order chi connectivity index (χ0) is 21.5. The minimum absolute atomic E-state index is 0.0599. The number of nitrogens with one attached hydrogen (secondary N) is 1. The van der Waals surface area contributed by atoms with Crippen molar-refractivity contribution in [3.05, 3.63) is 59.4 Å². The van der Waals surface area contributed by atoms with Gasteiger partial charge < -0.3 is 15.0 Å². The van der Waals surface area contributed by atoms with Gasteiger partial charge in [0.2, 0.25) is 11.8 Å². The molecule has 30 heavy (non-hydrogen) atoms. The smallest absolute Gasteiger partial charge is 0.244 e. The van der Waals surface area contributed by atoms with Crippen molar-refractivity contribution < 1.29 is 18.7 Å². The van der Waals surface area contributed by atoms with Crippen molar-refractivity contribution in [2.24, 2.45) is 0 Å². The van der Waals surface area contributed by atoms with Crippen LogP contribution < -0.4 is 5.32 Å². The molecule has 1 aliphatic heterocycles. The molecule has 1 unspecified atom stereocenters. The van der Waals surface area contributed by atoms with E-state index in [0.29, 0.717) is 18.0 Å². The van der Waals surface area contributed by atoms with Crippen molar-refractivity contribution in [1.29, 1.82) is 0 Å². The van der Waals surface area contributed by atoms with Gasteiger partial charge in [-0.1, -0.05) is 24.3 Å². The lowest BCUT2D eigenvalue weighted by molar-refractivity contribution is -0.133. The minimum atomic E-state index is -0.353. The van der Waals surface area contributed by atoms with Crippen LogP contribution in [0.2, 0.25) is 0 Å². The van der Waals surface area contributed by atoms with E-state index in [9.17, 15) is 14.0 Å². The summed E-state index contributed by atoms with van der Waals surface area (Å²) in [4.78, 5) is 27.5. The van der Waals surface area contributed by atoms with Crippen LogP contribution in [0.3, 0.4) is 0 Å². The van der Waals surface area contributed by atoms with Crippen molar-refractivity contribution in [3.63, 3.8) is 0 Å². The van der Waals surface area contributed by atoms with Gasteiger partial charge in [-0.15, -0.1) is 11.8 Å². The fraction of sp³-hybridized carbons (Fsp3) is 0.391. The molecule has 160 valence electrons. The maximum absolute atomic E-state index is 13.9. The quantitative estimate of drug-likeness (QED) is 0.639. The third-order valence-electron chi connectivity index (χ3n) is 5.20. The van der Waals surface area contributed by atoms with Crippen LogP contribution in [-0.2, 0) is 14.3 Å². The molecule has 5 nitrogen and oxygen atoms in total. The van der Waals surface area contributed by atoms with Gasteiger partial charge in [-0.05, 0) is 56.0 Å². The Hall–Kier alpha value is -2.38. The molecule has 1 atom stereocenters. The van der Waals surface area contributed by atoms with Crippen molar-refractivity contribution in [1.82, 2.24) is 4.90 Å². The summed E-state index contributed by atoms with van der Waals surface area (Å²) in [6.45, 7) is 4.90. The number of anilines is 1. The fourth-order valence-electron chi connectivity index (χ4n) is 3.33. The number of aryl methyl sites for hydroxylation is 1. The summed E-state index contributed by atoms with van der Waals surface area (Å²) in [5.41, 5.74) is 2.82. The zero-order valence-corrected chi connectivity index (χ0v) is 18.1. The summed E-state index contributed by atoms with van der Waals surface area (Å²) in [5, 5.41) is 2.90. The van der Waals surface area contributed by atoms with Gasteiger partial charge in [0.25, 0.3) is 0 Å². The van der Waals surface area contributed by atoms with E-state index in [2.05, 4.69) is 5.32 Å². The summed E-state index contributed by atoms with van der Waals surface area (Å²) in [6, 6.07) is 12.1. The molecule has 0 saturated carbocycles. The number of benzene rings is 2. The first-order valence-corrected chi connectivity index (χ1v) is 11.1. The number of hydrogen-bond acceptors (Lipinski definition) is 4. The van der Waals surface area contributed by atoms with E-state index < -0.39 is 0 Å². The third kappa shape index (κ3) is 6.06. The van der Waals surface area contributed by atoms with E-state index >= 15 is 0 Å². The molecule has 1 saturated heterocycles. The fourth-order valence-corrected chi connectivity index (χ4v) is 4.17. The molecule has 7 heteroatoms. The number of rotatable bonds is 8. The Morgan fingerprint density at radius 1 is 1.20 bits per heavy atom. The maximum atomic E-state index is 13.9. The zero-order valence-electron chi connectivity index (χ0n) is 17.3. The molecule has 1 N–H and O–H groups in total. The Bertz CT molecular complexity index is 900. The highest BCUT2D eigenvalue weighted by molar-refractivity contribution is 8.00. The number of ether oxygens (including phenoxy) is 1. The molecule has 0 bridgehead atoms. The van der Waals surface area contributed by atoms with Crippen LogP contribution in [-0.4, -0.2) is 48.3 Å². The lowest BCUT2D eigenvalue weighted by Crippen LogP contribution is -2.43. The highest BCUT2D eigenvalue weighted by Gasteiger charge is 2.25. The van der Waals surface area contributed by atoms with Crippen molar-refractivity contribution in [2.75, 3.05) is 30.8 Å². The van der Waals surface area contributed by atoms with Gasteiger partial charge in [0, 0.05) is 23.7 Å². The second kappa shape index (κ2) is 10.6.